The molecule has 1 aliphatic rings. The van der Waals surface area contributed by atoms with Gasteiger partial charge in [-0.1, -0.05) is 27.7 Å². The molecule has 0 aromatic heterocycles. The van der Waals surface area contributed by atoms with E-state index < -0.39 is 5.97 Å². The number of ketones is 1. The number of nitrogens with one attached hydrogen (secondary N) is 2. The number of benzene rings is 2. The number of ether oxygens (including phenoxy) is 1. The molecule has 9 heteroatoms. The van der Waals surface area contributed by atoms with Gasteiger partial charge in [-0.15, -0.1) is 0 Å². The first-order valence-electron chi connectivity index (χ1n) is 12.3. The summed E-state index contributed by atoms with van der Waals surface area (Å²) in [6.45, 7) is 8.72. The highest BCUT2D eigenvalue weighted by Crippen LogP contribution is 2.34. The van der Waals surface area contributed by atoms with Crippen LogP contribution in [0.3, 0.4) is 0 Å². The van der Waals surface area contributed by atoms with Gasteiger partial charge in [0.1, 0.15) is 18.1 Å². The van der Waals surface area contributed by atoms with Crippen LogP contribution < -0.4 is 15.0 Å². The van der Waals surface area contributed by atoms with Crippen LogP contribution in [0, 0.1) is 5.41 Å². The van der Waals surface area contributed by atoms with Crippen LogP contribution in [0.2, 0.25) is 0 Å². The molecular weight excluding hydrogens is 472 g/mol. The highest BCUT2D eigenvalue weighted by Gasteiger charge is 2.30. The normalized spacial score (nSPS) is 12.8. The number of carboxylic acids is 1. The number of amidine groups is 1. The number of hydrogen-bond donors (Lipinski definition) is 3. The molecule has 0 aliphatic carbocycles. The molecule has 2 aromatic carbocycles. The Morgan fingerprint density at radius 3 is 2.49 bits per heavy atom. The maximum absolute atomic E-state index is 13.3. The Morgan fingerprint density at radius 1 is 1.19 bits per heavy atom. The zero-order chi connectivity index (χ0) is 27.5. The molecule has 1 amide bonds. The molecule has 0 spiro atoms. The van der Waals surface area contributed by atoms with Gasteiger partial charge in [0.05, 0.1) is 18.7 Å². The monoisotopic (exact) mass is 508 g/mol. The van der Waals surface area contributed by atoms with Crippen LogP contribution in [-0.2, 0) is 16.8 Å². The summed E-state index contributed by atoms with van der Waals surface area (Å²) < 4.78 is 5.80. The van der Waals surface area contributed by atoms with E-state index in [2.05, 4.69) is 5.32 Å². The third-order valence-corrected chi connectivity index (χ3v) is 6.32. The molecule has 0 bridgehead atoms. The van der Waals surface area contributed by atoms with Gasteiger partial charge in [0, 0.05) is 37.5 Å². The van der Waals surface area contributed by atoms with Crippen molar-refractivity contribution in [3.63, 3.8) is 0 Å². The fourth-order valence-electron chi connectivity index (χ4n) is 4.40. The number of carbonyl (C=O) groups excluding carboxylic acids is 2. The smallest absolute Gasteiger partial charge is 0.323 e. The predicted molar refractivity (Wildman–Crippen MR) is 143 cm³/mol. The summed E-state index contributed by atoms with van der Waals surface area (Å²) in [7, 11) is 3.26. The van der Waals surface area contributed by atoms with Crippen LogP contribution in [0.25, 0.3) is 0 Å². The first-order chi connectivity index (χ1) is 17.4. The molecule has 9 nitrogen and oxygen atoms in total. The van der Waals surface area contributed by atoms with Crippen molar-refractivity contribution in [2.24, 2.45) is 0 Å². The van der Waals surface area contributed by atoms with Gasteiger partial charge in [-0.25, -0.2) is 0 Å². The zero-order valence-corrected chi connectivity index (χ0v) is 22.4. The Morgan fingerprint density at radius 2 is 1.89 bits per heavy atom. The second-order valence-electron chi connectivity index (χ2n) is 10.3. The number of carbonyl (C=O) groups is 3. The standard InChI is InChI=1S/C28H36N4O5/c1-7-10-37-24-12-18-14-32(26(29)19(18)13-20(24)27(36)30-5)15-23(33)17-8-9-22(31(6)16-25(34)35)21(11-17)28(2,3)4/h8-9,11-13,29H,7,10,14-16H2,1-6H3,(H,30,36)(H,34,35). The lowest BCUT2D eigenvalue weighted by molar-refractivity contribution is -0.135. The number of hydrogen-bond acceptors (Lipinski definition) is 6. The van der Waals surface area contributed by atoms with Crippen molar-refractivity contribution in [1.29, 1.82) is 5.41 Å². The molecule has 1 aliphatic heterocycles. The Hall–Kier alpha value is -3.88. The molecule has 3 N–H and O–H groups in total. The zero-order valence-electron chi connectivity index (χ0n) is 22.4. The number of carboxylic acid groups (broad SMARTS) is 1. The molecule has 2 aromatic rings. The highest BCUT2D eigenvalue weighted by atomic mass is 16.5. The van der Waals surface area contributed by atoms with Crippen LogP contribution >= 0.6 is 0 Å². The number of anilines is 1. The molecule has 1 heterocycles. The van der Waals surface area contributed by atoms with Gasteiger partial charge in [0.2, 0.25) is 0 Å². The molecule has 0 fully saturated rings. The third kappa shape index (κ3) is 6.10. The maximum atomic E-state index is 13.3. The van der Waals surface area contributed by atoms with E-state index in [4.69, 9.17) is 10.1 Å². The van der Waals surface area contributed by atoms with Crippen LogP contribution in [-0.4, -0.2) is 67.3 Å². The molecule has 0 unspecified atom stereocenters. The van der Waals surface area contributed by atoms with E-state index in [1.807, 2.05) is 33.8 Å². The summed E-state index contributed by atoms with van der Waals surface area (Å²) in [5.41, 5.74) is 3.61. The average Bonchev–Trinajstić information content (AvgIpc) is 3.14. The van der Waals surface area contributed by atoms with Gasteiger partial charge in [-0.3, -0.25) is 19.8 Å². The fourth-order valence-corrected chi connectivity index (χ4v) is 4.40. The van der Waals surface area contributed by atoms with Crippen molar-refractivity contribution in [2.45, 2.75) is 46.1 Å². The Kier molecular flexibility index (Phi) is 8.25. The van der Waals surface area contributed by atoms with Gasteiger partial charge in [-0.05, 0) is 53.3 Å². The van der Waals surface area contributed by atoms with Crippen molar-refractivity contribution in [3.8, 4) is 5.75 Å². The Bertz CT molecular complexity index is 1230. The summed E-state index contributed by atoms with van der Waals surface area (Å²) >= 11 is 0. The van der Waals surface area contributed by atoms with E-state index >= 15 is 0 Å². The summed E-state index contributed by atoms with van der Waals surface area (Å²) in [4.78, 5) is 40.3. The van der Waals surface area contributed by atoms with Crippen LogP contribution in [0.15, 0.2) is 30.3 Å². The number of rotatable bonds is 10. The molecule has 0 radical (unpaired) electrons. The molecule has 0 saturated heterocycles. The maximum Gasteiger partial charge on any atom is 0.323 e. The average molecular weight is 509 g/mol. The van der Waals surface area contributed by atoms with E-state index in [0.717, 1.165) is 23.2 Å². The van der Waals surface area contributed by atoms with Gasteiger partial charge >= 0.3 is 5.97 Å². The predicted octanol–water partition coefficient (Wildman–Crippen LogP) is 3.68. The topological polar surface area (TPSA) is 123 Å². The minimum absolute atomic E-state index is 0.00185. The number of fused-ring (bicyclic) bond motifs is 1. The number of likely N-dealkylation sites (N-methyl/N-ethyl adjacent to an activating group) is 1. The van der Waals surface area contributed by atoms with Gasteiger partial charge in [0.25, 0.3) is 5.91 Å². The first-order valence-corrected chi connectivity index (χ1v) is 12.3. The summed E-state index contributed by atoms with van der Waals surface area (Å²) in [6.07, 6.45) is 0.794. The van der Waals surface area contributed by atoms with Crippen LogP contribution in [0.1, 0.15) is 71.5 Å². The van der Waals surface area contributed by atoms with Crippen molar-refractivity contribution >= 4 is 29.2 Å². The van der Waals surface area contributed by atoms with Gasteiger partial charge in [-0.2, -0.15) is 0 Å². The second-order valence-corrected chi connectivity index (χ2v) is 10.3. The minimum atomic E-state index is -0.933. The SMILES string of the molecule is CCCOc1cc2c(cc1C(=O)NC)C(=N)N(CC(=O)c1ccc(N(C)CC(=O)O)c(C(C)(C)C)c1)C2. The number of aliphatic carboxylic acids is 1. The molecule has 3 rings (SSSR count). The van der Waals surface area contributed by atoms with Crippen LogP contribution in [0.5, 0.6) is 5.75 Å². The molecule has 0 atom stereocenters. The Labute approximate surface area is 217 Å². The second kappa shape index (κ2) is 11.0. The van der Waals surface area contributed by atoms with Gasteiger partial charge < -0.3 is 25.0 Å². The highest BCUT2D eigenvalue weighted by molar-refractivity contribution is 6.07. The lowest BCUT2D eigenvalue weighted by Gasteiger charge is -2.28. The van der Waals surface area contributed by atoms with Crippen molar-refractivity contribution < 1.29 is 24.2 Å². The van der Waals surface area contributed by atoms with E-state index in [-0.39, 0.29) is 36.0 Å². The molecular formula is C28H36N4O5. The number of Topliss-reactive ketones (excluding diaryl/α,β-unsaturated/α-hetero) is 1. The summed E-state index contributed by atoms with van der Waals surface area (Å²) in [5, 5.41) is 20.5. The molecule has 198 valence electrons. The minimum Gasteiger partial charge on any atom is -0.493 e. The lowest BCUT2D eigenvalue weighted by atomic mass is 9.84. The van der Waals surface area contributed by atoms with Crippen LogP contribution in [0.4, 0.5) is 5.69 Å². The first kappa shape index (κ1) is 27.7. The van der Waals surface area contributed by atoms with Crippen molar-refractivity contribution in [1.82, 2.24) is 10.2 Å². The van der Waals surface area contributed by atoms with Crippen molar-refractivity contribution in [3.05, 3.63) is 58.1 Å². The number of amides is 1. The van der Waals surface area contributed by atoms with Crippen molar-refractivity contribution in [2.75, 3.05) is 38.7 Å². The Balaban J connectivity index is 1.87. The molecule has 0 saturated carbocycles. The van der Waals surface area contributed by atoms with E-state index in [1.54, 1.807) is 48.2 Å². The largest absolute Gasteiger partial charge is 0.493 e. The molecule has 37 heavy (non-hydrogen) atoms. The van der Waals surface area contributed by atoms with E-state index in [9.17, 15) is 19.5 Å². The van der Waals surface area contributed by atoms with E-state index in [1.165, 1.54) is 0 Å². The summed E-state index contributed by atoms with van der Waals surface area (Å²) in [6, 6.07) is 8.77. The summed E-state index contributed by atoms with van der Waals surface area (Å²) in [5.74, 6) is -0.720. The number of nitrogens with zero attached hydrogens (tertiary/aromatic N) is 2. The fraction of sp³-hybridized carbons (Fsp3) is 0.429. The quantitative estimate of drug-likeness (QED) is 0.418. The van der Waals surface area contributed by atoms with Gasteiger partial charge in [0.15, 0.2) is 5.78 Å². The van der Waals surface area contributed by atoms with E-state index in [0.29, 0.717) is 35.6 Å². The lowest BCUT2D eigenvalue weighted by Crippen LogP contribution is -2.31. The third-order valence-electron chi connectivity index (χ3n) is 6.32.